The highest BCUT2D eigenvalue weighted by Crippen LogP contribution is 2.59. The van der Waals surface area contributed by atoms with Gasteiger partial charge in [-0.15, -0.1) is 0 Å². The molecule has 0 saturated heterocycles. The van der Waals surface area contributed by atoms with Crippen LogP contribution in [0.25, 0.3) is 0 Å². The minimum atomic E-state index is -0.440. The van der Waals surface area contributed by atoms with Gasteiger partial charge >= 0.3 is 0 Å². The molecule has 132 valence electrons. The lowest BCUT2D eigenvalue weighted by molar-refractivity contribution is -0.0257. The van der Waals surface area contributed by atoms with Gasteiger partial charge in [0.2, 0.25) is 0 Å². The molecule has 1 aromatic rings. The molecule has 0 radical (unpaired) electrons. The first kappa shape index (κ1) is 17.7. The molecule has 1 saturated carbocycles. The van der Waals surface area contributed by atoms with Crippen molar-refractivity contribution in [3.05, 3.63) is 47.5 Å². The second kappa shape index (κ2) is 7.38. The predicted molar refractivity (Wildman–Crippen MR) is 97.7 cm³/mol. The lowest BCUT2D eigenvalue weighted by Crippen LogP contribution is -2.48. The quantitative estimate of drug-likeness (QED) is 0.741. The first-order valence-electron chi connectivity index (χ1n) is 9.14. The second-order valence-corrected chi connectivity index (χ2v) is 8.17. The topological polar surface area (TPSA) is 32.7 Å². The Morgan fingerprint density at radius 3 is 2.71 bits per heavy atom. The molecule has 3 aliphatic carbocycles. The Bertz CT molecular complexity index is 566. The summed E-state index contributed by atoms with van der Waals surface area (Å²) in [5, 5.41) is 10.2. The lowest BCUT2D eigenvalue weighted by Gasteiger charge is -2.56. The van der Waals surface area contributed by atoms with Crippen LogP contribution in [0.2, 0.25) is 0 Å². The summed E-state index contributed by atoms with van der Waals surface area (Å²) < 4.78 is 5.83. The minimum absolute atomic E-state index is 0.410. The van der Waals surface area contributed by atoms with Crippen molar-refractivity contribution >= 4 is 0 Å². The van der Waals surface area contributed by atoms with Crippen LogP contribution in [-0.2, 0) is 11.3 Å². The van der Waals surface area contributed by atoms with E-state index in [2.05, 4.69) is 37.0 Å². The first-order valence-corrected chi connectivity index (χ1v) is 9.14. The Morgan fingerprint density at radius 2 is 2.04 bits per heavy atom. The maximum Gasteiger partial charge on any atom is 0.0900 e. The molecule has 3 aliphatic rings. The highest BCUT2D eigenvalue weighted by molar-refractivity contribution is 5.23. The number of allylic oxidation sites excluding steroid dienone is 1. The number of nitrogens with zero attached hydrogens (tertiary/aromatic N) is 1. The average molecular weight is 329 g/mol. The Morgan fingerprint density at radius 1 is 1.29 bits per heavy atom. The summed E-state index contributed by atoms with van der Waals surface area (Å²) in [6.45, 7) is 7.33. The Balaban J connectivity index is 1.37. The number of rotatable bonds is 8. The molecule has 3 heteroatoms. The van der Waals surface area contributed by atoms with E-state index in [4.69, 9.17) is 4.74 Å². The molecule has 1 aromatic carbocycles. The van der Waals surface area contributed by atoms with Crippen molar-refractivity contribution in [2.24, 2.45) is 17.3 Å². The maximum absolute atomic E-state index is 10.2. The van der Waals surface area contributed by atoms with Crippen molar-refractivity contribution in [2.45, 2.75) is 39.3 Å². The van der Waals surface area contributed by atoms with Crippen LogP contribution in [0.3, 0.4) is 0 Å². The summed E-state index contributed by atoms with van der Waals surface area (Å²) in [6, 6.07) is 10.4. The van der Waals surface area contributed by atoms with E-state index in [1.807, 2.05) is 25.2 Å². The maximum atomic E-state index is 10.2. The number of aliphatic hydroxyl groups excluding tert-OH is 1. The van der Waals surface area contributed by atoms with E-state index in [-0.39, 0.29) is 0 Å². The fourth-order valence-corrected chi connectivity index (χ4v) is 4.33. The molecule has 0 amide bonds. The summed E-state index contributed by atoms with van der Waals surface area (Å²) in [6.07, 6.45) is 4.46. The number of benzene rings is 1. The van der Waals surface area contributed by atoms with Crippen molar-refractivity contribution in [3.8, 4) is 0 Å². The summed E-state index contributed by atoms with van der Waals surface area (Å²) >= 11 is 0. The van der Waals surface area contributed by atoms with Crippen LogP contribution in [0.15, 0.2) is 42.0 Å². The molecule has 24 heavy (non-hydrogen) atoms. The fraction of sp³-hybridized carbons (Fsp3) is 0.619. The zero-order chi connectivity index (χ0) is 17.2. The number of aliphatic hydroxyl groups is 1. The number of ether oxygens (including phenoxy) is 1. The van der Waals surface area contributed by atoms with Crippen LogP contribution in [0.1, 0.15) is 32.3 Å². The third kappa shape index (κ3) is 3.90. The second-order valence-electron chi connectivity index (χ2n) is 8.17. The Hall–Kier alpha value is -1.16. The lowest BCUT2D eigenvalue weighted by atomic mass is 9.49. The molecular formula is C21H31NO2. The molecule has 0 aliphatic heterocycles. The molecule has 1 fully saturated rings. The molecule has 0 unspecified atom stereocenters. The standard InChI is InChI=1S/C21H31NO2/c1-21(2)18-10-9-17(20(21)11-18)14-24-15-19(23)13-22(3)12-16-7-5-4-6-8-16/h4-9,18-20,23H,10-15H2,1-3H3/t18-,19-,20-/m1/s1. The van der Waals surface area contributed by atoms with Crippen LogP contribution < -0.4 is 0 Å². The third-order valence-electron chi connectivity index (χ3n) is 5.98. The average Bonchev–Trinajstić information content (AvgIpc) is 2.55. The van der Waals surface area contributed by atoms with Crippen LogP contribution in [-0.4, -0.2) is 42.9 Å². The van der Waals surface area contributed by atoms with Crippen molar-refractivity contribution in [2.75, 3.05) is 26.8 Å². The number of hydrogen-bond donors (Lipinski definition) is 1. The molecule has 3 nitrogen and oxygen atoms in total. The monoisotopic (exact) mass is 329 g/mol. The molecule has 0 heterocycles. The highest BCUT2D eigenvalue weighted by Gasteiger charge is 2.50. The molecule has 2 bridgehead atoms. The van der Waals surface area contributed by atoms with Crippen molar-refractivity contribution in [1.29, 1.82) is 0 Å². The van der Waals surface area contributed by atoms with Gasteiger partial charge in [-0.2, -0.15) is 0 Å². The van der Waals surface area contributed by atoms with Crippen LogP contribution in [0.4, 0.5) is 0 Å². The molecule has 4 rings (SSSR count). The summed E-state index contributed by atoms with van der Waals surface area (Å²) in [5.41, 5.74) is 3.16. The fourth-order valence-electron chi connectivity index (χ4n) is 4.33. The van der Waals surface area contributed by atoms with Crippen molar-refractivity contribution in [1.82, 2.24) is 4.90 Å². The SMILES string of the molecule is CN(Cc1ccccc1)C[C@@H](O)COCC1=CC[C@@H]2C[C@H]1C2(C)C. The predicted octanol–water partition coefficient (Wildman–Crippen LogP) is 3.49. The van der Waals surface area contributed by atoms with Crippen LogP contribution in [0, 0.1) is 17.3 Å². The first-order chi connectivity index (χ1) is 11.5. The zero-order valence-electron chi connectivity index (χ0n) is 15.2. The van der Waals surface area contributed by atoms with E-state index in [1.165, 1.54) is 24.0 Å². The largest absolute Gasteiger partial charge is 0.389 e. The van der Waals surface area contributed by atoms with Gasteiger partial charge in [0.15, 0.2) is 0 Å². The van der Waals surface area contributed by atoms with E-state index < -0.39 is 6.10 Å². The molecule has 0 aromatic heterocycles. The van der Waals surface area contributed by atoms with Crippen molar-refractivity contribution in [3.63, 3.8) is 0 Å². The van der Waals surface area contributed by atoms with E-state index in [0.717, 1.165) is 12.5 Å². The van der Waals surface area contributed by atoms with Gasteiger partial charge in [0.05, 0.1) is 19.3 Å². The van der Waals surface area contributed by atoms with Gasteiger partial charge in [0.25, 0.3) is 0 Å². The molecule has 3 atom stereocenters. The van der Waals surface area contributed by atoms with E-state index in [0.29, 0.717) is 31.1 Å². The van der Waals surface area contributed by atoms with Gasteiger partial charge < -0.3 is 9.84 Å². The summed E-state index contributed by atoms with van der Waals surface area (Å²) in [7, 11) is 2.04. The highest BCUT2D eigenvalue weighted by atomic mass is 16.5. The Kier molecular flexibility index (Phi) is 5.43. The number of likely N-dealkylation sites (N-methyl/N-ethyl adjacent to an activating group) is 1. The van der Waals surface area contributed by atoms with Gasteiger partial charge in [0, 0.05) is 13.1 Å². The number of hydrogen-bond acceptors (Lipinski definition) is 3. The van der Waals surface area contributed by atoms with E-state index >= 15 is 0 Å². The molecular weight excluding hydrogens is 298 g/mol. The van der Waals surface area contributed by atoms with Crippen LogP contribution >= 0.6 is 0 Å². The summed E-state index contributed by atoms with van der Waals surface area (Å²) in [5.74, 6) is 1.55. The van der Waals surface area contributed by atoms with E-state index in [9.17, 15) is 5.11 Å². The summed E-state index contributed by atoms with van der Waals surface area (Å²) in [4.78, 5) is 2.14. The van der Waals surface area contributed by atoms with Gasteiger partial charge in [-0.1, -0.05) is 50.3 Å². The zero-order valence-corrected chi connectivity index (χ0v) is 15.2. The smallest absolute Gasteiger partial charge is 0.0900 e. The normalized spacial score (nSPS) is 26.0. The van der Waals surface area contributed by atoms with Crippen molar-refractivity contribution < 1.29 is 9.84 Å². The number of fused-ring (bicyclic) bond motifs is 1. The molecule has 1 N–H and O–H groups in total. The van der Waals surface area contributed by atoms with Gasteiger partial charge in [0.1, 0.15) is 0 Å². The van der Waals surface area contributed by atoms with E-state index in [1.54, 1.807) is 0 Å². The Labute approximate surface area is 146 Å². The van der Waals surface area contributed by atoms with Crippen LogP contribution in [0.5, 0.6) is 0 Å². The van der Waals surface area contributed by atoms with Gasteiger partial charge in [-0.3, -0.25) is 4.90 Å². The third-order valence-corrected chi connectivity index (χ3v) is 5.98. The van der Waals surface area contributed by atoms with Gasteiger partial charge in [-0.25, -0.2) is 0 Å². The van der Waals surface area contributed by atoms with Gasteiger partial charge in [-0.05, 0) is 48.3 Å². The molecule has 0 spiro atoms. The minimum Gasteiger partial charge on any atom is -0.389 e.